The molecule has 0 spiro atoms. The average molecular weight is 350 g/mol. The second kappa shape index (κ2) is 6.48. The first kappa shape index (κ1) is 15.6. The standard InChI is InChI=1S/C16H13Cl2N3O2/c17-10-3-1-9(2-4-10)13(8-15(22)23)20-16-19-12-6-5-11(18)7-14(12)21-16/h1-7,13H,8H2,(H,22,23)(H2,19,20,21). The molecule has 3 N–H and O–H groups in total. The molecular formula is C16H13Cl2N3O2. The number of carboxylic acid groups (broad SMARTS) is 1. The molecule has 0 fully saturated rings. The lowest BCUT2D eigenvalue weighted by atomic mass is 10.0. The fourth-order valence-electron chi connectivity index (χ4n) is 2.33. The molecular weight excluding hydrogens is 337 g/mol. The number of fused-ring (bicyclic) bond motifs is 1. The minimum Gasteiger partial charge on any atom is -0.481 e. The fourth-order valence-corrected chi connectivity index (χ4v) is 2.63. The predicted molar refractivity (Wildman–Crippen MR) is 91.2 cm³/mol. The summed E-state index contributed by atoms with van der Waals surface area (Å²) in [5.41, 5.74) is 2.35. The van der Waals surface area contributed by atoms with Gasteiger partial charge in [0.2, 0.25) is 5.95 Å². The molecule has 0 aliphatic heterocycles. The maximum atomic E-state index is 11.1. The summed E-state index contributed by atoms with van der Waals surface area (Å²) in [5.74, 6) is -0.417. The van der Waals surface area contributed by atoms with Crippen LogP contribution in [0.4, 0.5) is 5.95 Å². The van der Waals surface area contributed by atoms with Crippen LogP contribution in [0.2, 0.25) is 10.0 Å². The largest absolute Gasteiger partial charge is 0.481 e. The molecule has 0 amide bonds. The van der Waals surface area contributed by atoms with Gasteiger partial charge in [0.05, 0.1) is 23.5 Å². The average Bonchev–Trinajstić information content (AvgIpc) is 2.88. The van der Waals surface area contributed by atoms with E-state index in [1.165, 1.54) is 0 Å². The lowest BCUT2D eigenvalue weighted by Crippen LogP contribution is -2.16. The molecule has 118 valence electrons. The Bertz CT molecular complexity index is 846. The summed E-state index contributed by atoms with van der Waals surface area (Å²) in [7, 11) is 0. The molecule has 1 heterocycles. The molecule has 5 nitrogen and oxygen atoms in total. The monoisotopic (exact) mass is 349 g/mol. The molecule has 2 aromatic carbocycles. The lowest BCUT2D eigenvalue weighted by Gasteiger charge is -2.16. The number of nitrogens with one attached hydrogen (secondary N) is 2. The number of aliphatic carboxylic acids is 1. The highest BCUT2D eigenvalue weighted by atomic mass is 35.5. The van der Waals surface area contributed by atoms with E-state index >= 15 is 0 Å². The van der Waals surface area contributed by atoms with Crippen molar-refractivity contribution in [3.05, 3.63) is 58.1 Å². The summed E-state index contributed by atoms with van der Waals surface area (Å²) in [6, 6.07) is 11.9. The summed E-state index contributed by atoms with van der Waals surface area (Å²) in [6.45, 7) is 0. The molecule has 1 aromatic heterocycles. The molecule has 0 saturated heterocycles. The van der Waals surface area contributed by atoms with Crippen molar-refractivity contribution in [3.8, 4) is 0 Å². The Kier molecular flexibility index (Phi) is 4.41. The second-order valence-electron chi connectivity index (χ2n) is 5.09. The third kappa shape index (κ3) is 3.75. The first-order valence-electron chi connectivity index (χ1n) is 6.90. The SMILES string of the molecule is O=C(O)CC(Nc1nc2cc(Cl)ccc2[nH]1)c1ccc(Cl)cc1. The van der Waals surface area contributed by atoms with E-state index in [0.29, 0.717) is 21.5 Å². The van der Waals surface area contributed by atoms with E-state index in [-0.39, 0.29) is 6.42 Å². The zero-order valence-electron chi connectivity index (χ0n) is 11.9. The second-order valence-corrected chi connectivity index (χ2v) is 5.97. The van der Waals surface area contributed by atoms with Gasteiger partial charge in [-0.15, -0.1) is 0 Å². The first-order chi connectivity index (χ1) is 11.0. The van der Waals surface area contributed by atoms with E-state index < -0.39 is 12.0 Å². The predicted octanol–water partition coefficient (Wildman–Crippen LogP) is 4.50. The van der Waals surface area contributed by atoms with Crippen LogP contribution in [0, 0.1) is 0 Å². The van der Waals surface area contributed by atoms with Crippen molar-refractivity contribution in [2.75, 3.05) is 5.32 Å². The van der Waals surface area contributed by atoms with Crippen LogP contribution in [-0.2, 0) is 4.79 Å². The molecule has 23 heavy (non-hydrogen) atoms. The molecule has 3 rings (SSSR count). The topological polar surface area (TPSA) is 78.0 Å². The van der Waals surface area contributed by atoms with E-state index in [2.05, 4.69) is 15.3 Å². The van der Waals surface area contributed by atoms with E-state index in [1.54, 1.807) is 36.4 Å². The van der Waals surface area contributed by atoms with Crippen LogP contribution in [0.5, 0.6) is 0 Å². The van der Waals surface area contributed by atoms with Crippen molar-refractivity contribution < 1.29 is 9.90 Å². The Morgan fingerprint density at radius 1 is 1.17 bits per heavy atom. The number of hydrogen-bond acceptors (Lipinski definition) is 3. The van der Waals surface area contributed by atoms with Crippen molar-refractivity contribution >= 4 is 46.2 Å². The summed E-state index contributed by atoms with van der Waals surface area (Å²) < 4.78 is 0. The maximum absolute atomic E-state index is 11.1. The van der Waals surface area contributed by atoms with Crippen molar-refractivity contribution in [2.24, 2.45) is 0 Å². The summed E-state index contributed by atoms with van der Waals surface area (Å²) >= 11 is 11.8. The van der Waals surface area contributed by atoms with Crippen LogP contribution < -0.4 is 5.32 Å². The molecule has 0 bridgehead atoms. The zero-order valence-corrected chi connectivity index (χ0v) is 13.4. The minimum absolute atomic E-state index is 0.0839. The number of benzene rings is 2. The van der Waals surface area contributed by atoms with Gasteiger partial charge in [-0.3, -0.25) is 4.79 Å². The van der Waals surface area contributed by atoms with Gasteiger partial charge in [-0.25, -0.2) is 4.98 Å². The Labute approximate surface area is 142 Å². The molecule has 0 aliphatic carbocycles. The smallest absolute Gasteiger partial charge is 0.305 e. The number of carbonyl (C=O) groups is 1. The lowest BCUT2D eigenvalue weighted by molar-refractivity contribution is -0.137. The fraction of sp³-hybridized carbons (Fsp3) is 0.125. The Morgan fingerprint density at radius 2 is 1.87 bits per heavy atom. The summed E-state index contributed by atoms with van der Waals surface area (Å²) in [4.78, 5) is 18.6. The van der Waals surface area contributed by atoms with Crippen molar-refractivity contribution in [2.45, 2.75) is 12.5 Å². The van der Waals surface area contributed by atoms with Gasteiger partial charge in [-0.2, -0.15) is 0 Å². The number of rotatable bonds is 5. The van der Waals surface area contributed by atoms with Crippen LogP contribution in [0.25, 0.3) is 11.0 Å². The van der Waals surface area contributed by atoms with Gasteiger partial charge >= 0.3 is 5.97 Å². The molecule has 0 radical (unpaired) electrons. The first-order valence-corrected chi connectivity index (χ1v) is 7.66. The van der Waals surface area contributed by atoms with Gasteiger partial charge in [0.25, 0.3) is 0 Å². The number of anilines is 1. The summed E-state index contributed by atoms with van der Waals surface area (Å²) in [5, 5.41) is 13.5. The normalized spacial score (nSPS) is 12.3. The molecule has 0 saturated carbocycles. The molecule has 1 atom stereocenters. The number of hydrogen-bond donors (Lipinski definition) is 3. The Balaban J connectivity index is 1.89. The van der Waals surface area contributed by atoms with Crippen molar-refractivity contribution in [3.63, 3.8) is 0 Å². The van der Waals surface area contributed by atoms with Gasteiger partial charge in [0.15, 0.2) is 0 Å². The van der Waals surface area contributed by atoms with Crippen LogP contribution in [-0.4, -0.2) is 21.0 Å². The summed E-state index contributed by atoms with van der Waals surface area (Å²) in [6.07, 6.45) is -0.0839. The highest BCUT2D eigenvalue weighted by molar-refractivity contribution is 6.31. The minimum atomic E-state index is -0.906. The number of imidazole rings is 1. The van der Waals surface area contributed by atoms with Gasteiger partial charge in [-0.05, 0) is 35.9 Å². The zero-order chi connectivity index (χ0) is 16.4. The molecule has 1 unspecified atom stereocenters. The van der Waals surface area contributed by atoms with Gasteiger partial charge in [-0.1, -0.05) is 35.3 Å². The number of H-pyrrole nitrogens is 1. The van der Waals surface area contributed by atoms with Crippen LogP contribution in [0.1, 0.15) is 18.0 Å². The number of aromatic amines is 1. The Hall–Kier alpha value is -2.24. The maximum Gasteiger partial charge on any atom is 0.305 e. The van der Waals surface area contributed by atoms with Gasteiger partial charge in [0.1, 0.15) is 0 Å². The number of halogens is 2. The number of nitrogens with zero attached hydrogens (tertiary/aromatic N) is 1. The van der Waals surface area contributed by atoms with Gasteiger partial charge in [0, 0.05) is 10.0 Å². The third-order valence-corrected chi connectivity index (χ3v) is 3.89. The number of aromatic nitrogens is 2. The highest BCUT2D eigenvalue weighted by Gasteiger charge is 2.17. The van der Waals surface area contributed by atoms with Gasteiger partial charge < -0.3 is 15.4 Å². The Morgan fingerprint density at radius 3 is 2.57 bits per heavy atom. The van der Waals surface area contributed by atoms with E-state index in [4.69, 9.17) is 28.3 Å². The van der Waals surface area contributed by atoms with E-state index in [1.807, 2.05) is 6.07 Å². The van der Waals surface area contributed by atoms with E-state index in [0.717, 1.165) is 11.1 Å². The van der Waals surface area contributed by atoms with Crippen LogP contribution in [0.15, 0.2) is 42.5 Å². The molecule has 3 aromatic rings. The highest BCUT2D eigenvalue weighted by Crippen LogP contribution is 2.25. The van der Waals surface area contributed by atoms with Crippen LogP contribution >= 0.6 is 23.2 Å². The van der Waals surface area contributed by atoms with Crippen molar-refractivity contribution in [1.29, 1.82) is 0 Å². The quantitative estimate of drug-likeness (QED) is 0.633. The number of carboxylic acids is 1. The third-order valence-electron chi connectivity index (χ3n) is 3.41. The van der Waals surface area contributed by atoms with Crippen molar-refractivity contribution in [1.82, 2.24) is 9.97 Å². The van der Waals surface area contributed by atoms with E-state index in [9.17, 15) is 4.79 Å². The molecule has 7 heteroatoms. The van der Waals surface area contributed by atoms with Crippen LogP contribution in [0.3, 0.4) is 0 Å². The molecule has 0 aliphatic rings.